The van der Waals surface area contributed by atoms with Gasteiger partial charge in [-0.05, 0) is 37.1 Å². The number of methoxy groups -OCH3 is 1. The third-order valence-electron chi connectivity index (χ3n) is 6.07. The summed E-state index contributed by atoms with van der Waals surface area (Å²) >= 11 is 0. The number of hydrogen-bond acceptors (Lipinski definition) is 10. The Bertz CT molecular complexity index is 1410. The van der Waals surface area contributed by atoms with Gasteiger partial charge in [0.2, 0.25) is 0 Å². The van der Waals surface area contributed by atoms with Gasteiger partial charge in [0.15, 0.2) is 9.84 Å². The van der Waals surface area contributed by atoms with Crippen LogP contribution in [0.4, 0.5) is 5.69 Å². The SMILES string of the molecule is COC(=O)C1=C(C)NC(C)=C(C(=O)OCCc2ccc(S(=O)(=O)CCO)cc2)C1c1cccc([N+](=O)[O-])c1. The molecule has 1 aliphatic rings. The number of rotatable bonds is 10. The number of allylic oxidation sites excluding steroid dienone is 2. The van der Waals surface area contributed by atoms with E-state index in [0.717, 1.165) is 5.56 Å². The number of aliphatic hydroxyl groups excluding tert-OH is 1. The molecular formula is C26H28N2O9S. The van der Waals surface area contributed by atoms with Crippen LogP contribution in [0.5, 0.6) is 0 Å². The predicted molar refractivity (Wildman–Crippen MR) is 137 cm³/mol. The highest BCUT2D eigenvalue weighted by atomic mass is 32.2. The van der Waals surface area contributed by atoms with E-state index in [9.17, 15) is 28.1 Å². The zero-order valence-electron chi connectivity index (χ0n) is 21.1. The van der Waals surface area contributed by atoms with Crippen LogP contribution in [0.25, 0.3) is 0 Å². The Hall–Kier alpha value is -4.03. The van der Waals surface area contributed by atoms with Crippen molar-refractivity contribution in [2.45, 2.75) is 31.1 Å². The van der Waals surface area contributed by atoms with Gasteiger partial charge >= 0.3 is 11.9 Å². The Morgan fingerprint density at radius 1 is 1.05 bits per heavy atom. The van der Waals surface area contributed by atoms with Gasteiger partial charge in [-0.3, -0.25) is 10.1 Å². The minimum atomic E-state index is -3.57. The summed E-state index contributed by atoms with van der Waals surface area (Å²) in [5.41, 5.74) is 1.99. The quantitative estimate of drug-likeness (QED) is 0.258. The Morgan fingerprint density at radius 2 is 1.68 bits per heavy atom. The first kappa shape index (κ1) is 28.5. The first-order valence-electron chi connectivity index (χ1n) is 11.6. The van der Waals surface area contributed by atoms with Gasteiger partial charge in [-0.25, -0.2) is 18.0 Å². The fraction of sp³-hybridized carbons (Fsp3) is 0.308. The lowest BCUT2D eigenvalue weighted by atomic mass is 9.80. The number of nitrogens with zero attached hydrogens (tertiary/aromatic N) is 1. The van der Waals surface area contributed by atoms with Crippen LogP contribution in [-0.2, 0) is 35.3 Å². The van der Waals surface area contributed by atoms with Gasteiger partial charge in [0, 0.05) is 29.9 Å². The first-order valence-corrected chi connectivity index (χ1v) is 13.3. The van der Waals surface area contributed by atoms with Crippen LogP contribution in [-0.4, -0.2) is 56.5 Å². The third kappa shape index (κ3) is 6.26. The molecule has 0 spiro atoms. The minimum absolute atomic E-state index is 0.0454. The van der Waals surface area contributed by atoms with Crippen LogP contribution in [0.2, 0.25) is 0 Å². The number of nitro groups is 1. The average molecular weight is 545 g/mol. The molecule has 38 heavy (non-hydrogen) atoms. The largest absolute Gasteiger partial charge is 0.466 e. The maximum absolute atomic E-state index is 13.3. The summed E-state index contributed by atoms with van der Waals surface area (Å²) in [6.45, 7) is 2.76. The number of sulfone groups is 1. The van der Waals surface area contributed by atoms with E-state index in [2.05, 4.69) is 5.32 Å². The van der Waals surface area contributed by atoms with E-state index in [-0.39, 0.29) is 40.5 Å². The lowest BCUT2D eigenvalue weighted by Gasteiger charge is -2.30. The highest BCUT2D eigenvalue weighted by molar-refractivity contribution is 7.91. The van der Waals surface area contributed by atoms with Crippen molar-refractivity contribution >= 4 is 27.5 Å². The summed E-state index contributed by atoms with van der Waals surface area (Å²) in [6.07, 6.45) is 0.284. The second kappa shape index (κ2) is 12.0. The number of dihydropyridines is 1. The van der Waals surface area contributed by atoms with Gasteiger partial charge in [0.1, 0.15) is 0 Å². The van der Waals surface area contributed by atoms with E-state index in [1.165, 1.54) is 37.4 Å². The number of ether oxygens (including phenoxy) is 2. The molecule has 202 valence electrons. The molecule has 0 saturated heterocycles. The summed E-state index contributed by atoms with van der Waals surface area (Å²) in [5, 5.41) is 23.3. The van der Waals surface area contributed by atoms with Crippen LogP contribution in [0.15, 0.2) is 76.0 Å². The normalized spacial score (nSPS) is 15.6. The predicted octanol–water partition coefficient (Wildman–Crippen LogP) is 2.55. The van der Waals surface area contributed by atoms with Gasteiger partial charge in [0.25, 0.3) is 5.69 Å². The van der Waals surface area contributed by atoms with Crippen LogP contribution in [0, 0.1) is 10.1 Å². The van der Waals surface area contributed by atoms with E-state index in [4.69, 9.17) is 14.6 Å². The molecule has 2 aromatic rings. The topological polar surface area (TPSA) is 162 Å². The lowest BCUT2D eigenvalue weighted by molar-refractivity contribution is -0.384. The average Bonchev–Trinajstić information content (AvgIpc) is 2.88. The molecule has 2 aromatic carbocycles. The highest BCUT2D eigenvalue weighted by Crippen LogP contribution is 2.40. The lowest BCUT2D eigenvalue weighted by Crippen LogP contribution is -2.32. The second-order valence-corrected chi connectivity index (χ2v) is 10.7. The number of non-ortho nitro benzene ring substituents is 1. The molecule has 1 heterocycles. The van der Waals surface area contributed by atoms with Crippen molar-refractivity contribution in [2.75, 3.05) is 26.1 Å². The summed E-state index contributed by atoms with van der Waals surface area (Å²) in [4.78, 5) is 36.9. The molecule has 0 aliphatic carbocycles. The van der Waals surface area contributed by atoms with E-state index < -0.39 is 39.2 Å². The Balaban J connectivity index is 1.85. The molecule has 3 rings (SSSR count). The molecule has 0 fully saturated rings. The van der Waals surface area contributed by atoms with Crippen molar-refractivity contribution in [3.8, 4) is 0 Å². The number of carbonyl (C=O) groups is 2. The number of esters is 2. The molecule has 1 aliphatic heterocycles. The molecule has 0 saturated carbocycles. The van der Waals surface area contributed by atoms with Gasteiger partial charge in [-0.15, -0.1) is 0 Å². The van der Waals surface area contributed by atoms with Gasteiger partial charge in [-0.2, -0.15) is 0 Å². The molecule has 1 atom stereocenters. The fourth-order valence-corrected chi connectivity index (χ4v) is 5.26. The van der Waals surface area contributed by atoms with Crippen molar-refractivity contribution in [3.63, 3.8) is 0 Å². The van der Waals surface area contributed by atoms with E-state index >= 15 is 0 Å². The van der Waals surface area contributed by atoms with Crippen molar-refractivity contribution in [1.82, 2.24) is 5.32 Å². The zero-order chi connectivity index (χ0) is 28.0. The summed E-state index contributed by atoms with van der Waals surface area (Å²) < 4.78 is 34.6. The molecule has 0 aromatic heterocycles. The van der Waals surface area contributed by atoms with Gasteiger partial charge < -0.3 is 19.9 Å². The molecular weight excluding hydrogens is 516 g/mol. The van der Waals surface area contributed by atoms with Crippen molar-refractivity contribution in [3.05, 3.63) is 92.3 Å². The van der Waals surface area contributed by atoms with E-state index in [1.54, 1.807) is 32.0 Å². The smallest absolute Gasteiger partial charge is 0.336 e. The Kier molecular flexibility index (Phi) is 9.02. The van der Waals surface area contributed by atoms with Crippen LogP contribution >= 0.6 is 0 Å². The molecule has 0 bridgehead atoms. The number of nitrogens with one attached hydrogen (secondary N) is 1. The van der Waals surface area contributed by atoms with Crippen LogP contribution in [0.3, 0.4) is 0 Å². The maximum atomic E-state index is 13.3. The number of hydrogen-bond donors (Lipinski definition) is 2. The number of nitro benzene ring substituents is 1. The number of carbonyl (C=O) groups excluding carboxylic acids is 2. The Labute approximate surface area is 219 Å². The maximum Gasteiger partial charge on any atom is 0.336 e. The Morgan fingerprint density at radius 3 is 2.26 bits per heavy atom. The summed E-state index contributed by atoms with van der Waals surface area (Å²) in [6, 6.07) is 11.7. The molecule has 2 N–H and O–H groups in total. The highest BCUT2D eigenvalue weighted by Gasteiger charge is 2.38. The first-order chi connectivity index (χ1) is 18.0. The monoisotopic (exact) mass is 544 g/mol. The van der Waals surface area contributed by atoms with Crippen molar-refractivity contribution in [1.29, 1.82) is 0 Å². The molecule has 11 nitrogen and oxygen atoms in total. The third-order valence-corrected chi connectivity index (χ3v) is 7.78. The number of benzene rings is 2. The second-order valence-electron chi connectivity index (χ2n) is 8.55. The van der Waals surface area contributed by atoms with Crippen molar-refractivity contribution < 1.29 is 37.5 Å². The van der Waals surface area contributed by atoms with Crippen LogP contribution in [0.1, 0.15) is 30.9 Å². The molecule has 1 unspecified atom stereocenters. The summed E-state index contributed by atoms with van der Waals surface area (Å²) in [5.74, 6) is -2.75. The van der Waals surface area contributed by atoms with Crippen LogP contribution < -0.4 is 5.32 Å². The van der Waals surface area contributed by atoms with E-state index in [1.807, 2.05) is 0 Å². The van der Waals surface area contributed by atoms with E-state index in [0.29, 0.717) is 17.0 Å². The van der Waals surface area contributed by atoms with Gasteiger partial charge in [-0.1, -0.05) is 24.3 Å². The number of aliphatic hydroxyl groups is 1. The molecule has 0 radical (unpaired) electrons. The minimum Gasteiger partial charge on any atom is -0.466 e. The standard InChI is InChI=1S/C26H28N2O9S/c1-16-22(25(30)36-3)24(19-5-4-6-20(15-19)28(32)33)23(17(2)27-16)26(31)37-13-11-18-7-9-21(10-8-18)38(34,35)14-12-29/h4-10,15,24,27,29H,11-14H2,1-3H3. The van der Waals surface area contributed by atoms with Crippen molar-refractivity contribution in [2.24, 2.45) is 0 Å². The molecule has 0 amide bonds. The molecule has 12 heteroatoms. The van der Waals surface area contributed by atoms with Gasteiger partial charge in [0.05, 0.1) is 53.0 Å². The zero-order valence-corrected chi connectivity index (χ0v) is 21.9. The summed E-state index contributed by atoms with van der Waals surface area (Å²) in [7, 11) is -2.37. The fourth-order valence-electron chi connectivity index (χ4n) is 4.24.